The summed E-state index contributed by atoms with van der Waals surface area (Å²) in [5, 5.41) is 0. The zero-order valence-corrected chi connectivity index (χ0v) is 13.7. The van der Waals surface area contributed by atoms with Crippen molar-refractivity contribution in [3.05, 3.63) is 12.2 Å². The molecule has 0 spiro atoms. The summed E-state index contributed by atoms with van der Waals surface area (Å²) >= 11 is 0. The maximum absolute atomic E-state index is 12.4. The summed E-state index contributed by atoms with van der Waals surface area (Å²) in [6.45, 7) is 7.18. The van der Waals surface area contributed by atoms with Crippen LogP contribution in [0.1, 0.15) is 38.5 Å². The molecule has 124 valence electrons. The van der Waals surface area contributed by atoms with Gasteiger partial charge in [-0.05, 0) is 51.0 Å². The van der Waals surface area contributed by atoms with Gasteiger partial charge in [0.2, 0.25) is 5.91 Å². The van der Waals surface area contributed by atoms with Crippen molar-refractivity contribution in [1.29, 1.82) is 0 Å². The predicted octanol–water partition coefficient (Wildman–Crippen LogP) is 2.30. The third-order valence-corrected chi connectivity index (χ3v) is 5.47. The minimum absolute atomic E-state index is 0.248. The van der Waals surface area contributed by atoms with Crippen LogP contribution in [0.3, 0.4) is 0 Å². The second kappa shape index (κ2) is 8.11. The second-order valence-electron chi connectivity index (χ2n) is 7.00. The minimum Gasteiger partial charge on any atom is -0.379 e. The van der Waals surface area contributed by atoms with Gasteiger partial charge in [-0.2, -0.15) is 0 Å². The molecule has 0 N–H and O–H groups in total. The van der Waals surface area contributed by atoms with Crippen molar-refractivity contribution in [2.45, 2.75) is 38.5 Å². The first-order valence-electron chi connectivity index (χ1n) is 9.07. The predicted molar refractivity (Wildman–Crippen MR) is 87.7 cm³/mol. The lowest BCUT2D eigenvalue weighted by molar-refractivity contribution is -0.136. The highest BCUT2D eigenvalue weighted by Crippen LogP contribution is 2.26. The molecule has 0 bridgehead atoms. The number of morpholine rings is 1. The van der Waals surface area contributed by atoms with Gasteiger partial charge in [-0.3, -0.25) is 9.69 Å². The van der Waals surface area contributed by atoms with Gasteiger partial charge in [0.05, 0.1) is 13.2 Å². The number of nitrogens with zero attached hydrogens (tertiary/aromatic N) is 2. The van der Waals surface area contributed by atoms with E-state index >= 15 is 0 Å². The Morgan fingerprint density at radius 2 is 1.73 bits per heavy atom. The lowest BCUT2D eigenvalue weighted by Gasteiger charge is -2.34. The molecule has 1 amide bonds. The average molecular weight is 306 g/mol. The molecule has 3 rings (SSSR count). The monoisotopic (exact) mass is 306 g/mol. The summed E-state index contributed by atoms with van der Waals surface area (Å²) in [6.07, 6.45) is 11.2. The van der Waals surface area contributed by atoms with Crippen LogP contribution in [0.5, 0.6) is 0 Å². The third-order valence-electron chi connectivity index (χ3n) is 5.47. The van der Waals surface area contributed by atoms with Crippen molar-refractivity contribution in [3.8, 4) is 0 Å². The van der Waals surface area contributed by atoms with Crippen LogP contribution < -0.4 is 0 Å². The van der Waals surface area contributed by atoms with Gasteiger partial charge < -0.3 is 9.64 Å². The molecule has 0 unspecified atom stereocenters. The van der Waals surface area contributed by atoms with Crippen LogP contribution in [0.2, 0.25) is 0 Å². The van der Waals surface area contributed by atoms with E-state index in [-0.39, 0.29) is 5.92 Å². The number of piperidine rings is 1. The van der Waals surface area contributed by atoms with Crippen LogP contribution in [0, 0.1) is 11.8 Å². The lowest BCUT2D eigenvalue weighted by Crippen LogP contribution is -2.41. The molecule has 2 fully saturated rings. The molecule has 4 heteroatoms. The third kappa shape index (κ3) is 4.32. The SMILES string of the molecule is O=C(C1CC=CC1)N1CCC(CCCN2CCOCC2)CC1. The number of allylic oxidation sites excluding steroid dienone is 2. The molecule has 2 aliphatic heterocycles. The summed E-state index contributed by atoms with van der Waals surface area (Å²) in [5.74, 6) is 1.47. The Balaban J connectivity index is 1.30. The molecule has 0 aromatic heterocycles. The molecular formula is C18H30N2O2. The van der Waals surface area contributed by atoms with E-state index in [0.29, 0.717) is 5.91 Å². The molecule has 0 aromatic rings. The highest BCUT2D eigenvalue weighted by Gasteiger charge is 2.28. The quantitative estimate of drug-likeness (QED) is 0.731. The van der Waals surface area contributed by atoms with E-state index < -0.39 is 0 Å². The molecule has 4 nitrogen and oxygen atoms in total. The molecule has 2 heterocycles. The zero-order chi connectivity index (χ0) is 15.2. The average Bonchev–Trinajstić information content (AvgIpc) is 3.10. The molecule has 0 atom stereocenters. The van der Waals surface area contributed by atoms with E-state index in [4.69, 9.17) is 4.74 Å². The van der Waals surface area contributed by atoms with Gasteiger partial charge in [-0.15, -0.1) is 0 Å². The highest BCUT2D eigenvalue weighted by molar-refractivity contribution is 5.79. The van der Waals surface area contributed by atoms with E-state index in [2.05, 4.69) is 22.0 Å². The Hall–Kier alpha value is -0.870. The minimum atomic E-state index is 0.248. The van der Waals surface area contributed by atoms with Gasteiger partial charge in [0, 0.05) is 32.1 Å². The molecule has 22 heavy (non-hydrogen) atoms. The number of carbonyl (C=O) groups is 1. The number of hydrogen-bond acceptors (Lipinski definition) is 3. The number of likely N-dealkylation sites (tertiary alicyclic amines) is 1. The molecule has 0 saturated carbocycles. The fourth-order valence-electron chi connectivity index (χ4n) is 3.95. The Morgan fingerprint density at radius 1 is 1.05 bits per heavy atom. The lowest BCUT2D eigenvalue weighted by atomic mass is 9.91. The number of carbonyl (C=O) groups excluding carboxylic acids is 1. The number of ether oxygens (including phenoxy) is 1. The molecule has 0 radical (unpaired) electrons. The maximum atomic E-state index is 12.4. The number of amides is 1. The summed E-state index contributed by atoms with van der Waals surface area (Å²) in [5.41, 5.74) is 0. The van der Waals surface area contributed by atoms with E-state index in [0.717, 1.165) is 58.2 Å². The van der Waals surface area contributed by atoms with E-state index in [1.165, 1.54) is 32.2 Å². The Morgan fingerprint density at radius 3 is 2.41 bits per heavy atom. The normalized spacial score (nSPS) is 25.0. The number of rotatable bonds is 5. The van der Waals surface area contributed by atoms with Crippen LogP contribution in [0.4, 0.5) is 0 Å². The Labute approximate surface area is 134 Å². The van der Waals surface area contributed by atoms with Crippen molar-refractivity contribution in [1.82, 2.24) is 9.80 Å². The smallest absolute Gasteiger partial charge is 0.226 e. The fraction of sp³-hybridized carbons (Fsp3) is 0.833. The van der Waals surface area contributed by atoms with Crippen molar-refractivity contribution in [2.24, 2.45) is 11.8 Å². The summed E-state index contributed by atoms with van der Waals surface area (Å²) in [6, 6.07) is 0. The first kappa shape index (κ1) is 16.0. The standard InChI is InChI=1S/C18H30N2O2/c21-18(17-5-1-2-6-17)20-10-7-16(8-11-20)4-3-9-19-12-14-22-15-13-19/h1-2,16-17H,3-15H2. The van der Waals surface area contributed by atoms with Gasteiger partial charge in [0.15, 0.2) is 0 Å². The number of hydrogen-bond donors (Lipinski definition) is 0. The van der Waals surface area contributed by atoms with Crippen LogP contribution in [-0.4, -0.2) is 61.6 Å². The second-order valence-corrected chi connectivity index (χ2v) is 7.00. The van der Waals surface area contributed by atoms with E-state index in [1.54, 1.807) is 0 Å². The first-order valence-corrected chi connectivity index (χ1v) is 9.07. The summed E-state index contributed by atoms with van der Waals surface area (Å²) in [4.78, 5) is 17.0. The maximum Gasteiger partial charge on any atom is 0.226 e. The molecule has 2 saturated heterocycles. The Kier molecular flexibility index (Phi) is 5.90. The van der Waals surface area contributed by atoms with Gasteiger partial charge in [-0.1, -0.05) is 12.2 Å². The van der Waals surface area contributed by atoms with Crippen molar-refractivity contribution in [3.63, 3.8) is 0 Å². The van der Waals surface area contributed by atoms with Crippen molar-refractivity contribution in [2.75, 3.05) is 45.9 Å². The summed E-state index contributed by atoms with van der Waals surface area (Å²) < 4.78 is 5.39. The van der Waals surface area contributed by atoms with E-state index in [9.17, 15) is 4.79 Å². The topological polar surface area (TPSA) is 32.8 Å². The van der Waals surface area contributed by atoms with Gasteiger partial charge in [-0.25, -0.2) is 0 Å². The van der Waals surface area contributed by atoms with Gasteiger partial charge in [0.1, 0.15) is 0 Å². The molecular weight excluding hydrogens is 276 g/mol. The fourth-order valence-corrected chi connectivity index (χ4v) is 3.95. The highest BCUT2D eigenvalue weighted by atomic mass is 16.5. The molecule has 0 aromatic carbocycles. The van der Waals surface area contributed by atoms with Crippen molar-refractivity contribution >= 4 is 5.91 Å². The van der Waals surface area contributed by atoms with Gasteiger partial charge in [0.25, 0.3) is 0 Å². The van der Waals surface area contributed by atoms with Gasteiger partial charge >= 0.3 is 0 Å². The first-order chi connectivity index (χ1) is 10.8. The zero-order valence-electron chi connectivity index (χ0n) is 13.7. The Bertz CT molecular complexity index is 375. The molecule has 1 aliphatic carbocycles. The van der Waals surface area contributed by atoms with Crippen LogP contribution in [0.25, 0.3) is 0 Å². The molecule has 3 aliphatic rings. The summed E-state index contributed by atoms with van der Waals surface area (Å²) in [7, 11) is 0. The van der Waals surface area contributed by atoms with Crippen LogP contribution in [-0.2, 0) is 9.53 Å². The van der Waals surface area contributed by atoms with Crippen molar-refractivity contribution < 1.29 is 9.53 Å². The largest absolute Gasteiger partial charge is 0.379 e. The van der Waals surface area contributed by atoms with E-state index in [1.807, 2.05) is 0 Å². The van der Waals surface area contributed by atoms with Crippen LogP contribution >= 0.6 is 0 Å². The van der Waals surface area contributed by atoms with Crippen LogP contribution in [0.15, 0.2) is 12.2 Å².